The fraction of sp³-hybridized carbons (Fsp3) is 0.467. The summed E-state index contributed by atoms with van der Waals surface area (Å²) in [4.78, 5) is 0. The first-order chi connectivity index (χ1) is 16.0. The fourth-order valence-corrected chi connectivity index (χ4v) is 6.50. The molecule has 0 bridgehead atoms. The Kier molecular flexibility index (Phi) is 6.24. The smallest absolute Gasteiger partial charge is 0.167 e. The highest BCUT2D eigenvalue weighted by atomic mass is 19.2. The van der Waals surface area contributed by atoms with Crippen molar-refractivity contribution in [2.45, 2.75) is 76.0 Å². The van der Waals surface area contributed by atoms with Gasteiger partial charge in [0, 0.05) is 11.1 Å². The van der Waals surface area contributed by atoms with E-state index in [4.69, 9.17) is 0 Å². The van der Waals surface area contributed by atoms with Crippen LogP contribution in [0, 0.1) is 29.3 Å². The monoisotopic (exact) mass is 450 g/mol. The maximum Gasteiger partial charge on any atom is 0.167 e. The van der Waals surface area contributed by atoms with Crippen molar-refractivity contribution >= 4 is 0 Å². The molecule has 33 heavy (non-hydrogen) atoms. The average Bonchev–Trinajstić information content (AvgIpc) is 2.83. The molecule has 3 aliphatic rings. The highest BCUT2D eigenvalue weighted by molar-refractivity contribution is 6.03. The van der Waals surface area contributed by atoms with Gasteiger partial charge in [-0.2, -0.15) is 0 Å². The summed E-state index contributed by atoms with van der Waals surface area (Å²) in [5, 5.41) is 0. The van der Waals surface area contributed by atoms with E-state index in [-0.39, 0.29) is 28.8 Å². The molecular formula is C30H33F3. The predicted molar refractivity (Wildman–Crippen MR) is 130 cm³/mol. The van der Waals surface area contributed by atoms with Crippen LogP contribution in [-0.2, 0) is 0 Å². The van der Waals surface area contributed by atoms with Crippen LogP contribution in [0.25, 0.3) is 22.3 Å². The van der Waals surface area contributed by atoms with E-state index in [0.29, 0.717) is 28.5 Å². The molecule has 0 amide bonds. The zero-order chi connectivity index (χ0) is 23.1. The summed E-state index contributed by atoms with van der Waals surface area (Å²) in [5.74, 6) is -0.666. The second-order valence-corrected chi connectivity index (χ2v) is 10.3. The lowest BCUT2D eigenvalue weighted by Gasteiger charge is -2.33. The zero-order valence-corrected chi connectivity index (χ0v) is 19.3. The highest BCUT2D eigenvalue weighted by Gasteiger charge is 2.37. The SMILES string of the molecule is C=CCCC1CCC(c2cc3c(c(F)c2F)-c2c-3ccc(C3CCC(C=C)CC3)c2F)CC1. The minimum absolute atomic E-state index is 0.0398. The second kappa shape index (κ2) is 9.16. The van der Waals surface area contributed by atoms with Crippen LogP contribution in [0.1, 0.15) is 87.2 Å². The molecule has 0 aromatic heterocycles. The van der Waals surface area contributed by atoms with E-state index in [9.17, 15) is 0 Å². The first-order valence-electron chi connectivity index (χ1n) is 12.6. The van der Waals surface area contributed by atoms with Crippen molar-refractivity contribution in [1.29, 1.82) is 0 Å². The molecule has 0 radical (unpaired) electrons. The fourth-order valence-electron chi connectivity index (χ4n) is 6.50. The van der Waals surface area contributed by atoms with Gasteiger partial charge in [-0.05, 0) is 116 Å². The molecule has 0 unspecified atom stereocenters. The summed E-state index contributed by atoms with van der Waals surface area (Å²) in [6, 6.07) is 5.60. The Labute approximate surface area is 195 Å². The van der Waals surface area contributed by atoms with Crippen LogP contribution in [0.2, 0.25) is 0 Å². The van der Waals surface area contributed by atoms with Crippen LogP contribution in [0.5, 0.6) is 0 Å². The third kappa shape index (κ3) is 3.88. The van der Waals surface area contributed by atoms with Gasteiger partial charge in [-0.25, -0.2) is 13.2 Å². The third-order valence-electron chi connectivity index (χ3n) is 8.56. The van der Waals surface area contributed by atoms with E-state index in [1.165, 1.54) is 0 Å². The molecular weight excluding hydrogens is 417 g/mol. The first kappa shape index (κ1) is 22.5. The van der Waals surface area contributed by atoms with Crippen molar-refractivity contribution in [3.63, 3.8) is 0 Å². The Morgan fingerprint density at radius 3 is 2.03 bits per heavy atom. The highest BCUT2D eigenvalue weighted by Crippen LogP contribution is 2.54. The molecule has 0 saturated heterocycles. The number of fused-ring (bicyclic) bond motifs is 4. The molecule has 5 rings (SSSR count). The van der Waals surface area contributed by atoms with E-state index in [2.05, 4.69) is 13.2 Å². The predicted octanol–water partition coefficient (Wildman–Crippen LogP) is 9.45. The van der Waals surface area contributed by atoms with Gasteiger partial charge in [0.05, 0.1) is 0 Å². The van der Waals surface area contributed by atoms with Gasteiger partial charge in [0.15, 0.2) is 11.6 Å². The van der Waals surface area contributed by atoms with Gasteiger partial charge in [0.2, 0.25) is 0 Å². The topological polar surface area (TPSA) is 0 Å². The molecule has 0 atom stereocenters. The number of hydrogen-bond acceptors (Lipinski definition) is 0. The van der Waals surface area contributed by atoms with Crippen molar-refractivity contribution in [2.24, 2.45) is 11.8 Å². The van der Waals surface area contributed by atoms with Gasteiger partial charge in [0.25, 0.3) is 0 Å². The molecule has 0 aliphatic heterocycles. The number of benzene rings is 2. The summed E-state index contributed by atoms with van der Waals surface area (Å²) >= 11 is 0. The van der Waals surface area contributed by atoms with Crippen LogP contribution in [0.3, 0.4) is 0 Å². The lowest BCUT2D eigenvalue weighted by Crippen LogP contribution is -2.18. The lowest BCUT2D eigenvalue weighted by atomic mass is 9.71. The number of rotatable bonds is 6. The molecule has 174 valence electrons. The summed E-state index contributed by atoms with van der Waals surface area (Å²) < 4.78 is 46.0. The van der Waals surface area contributed by atoms with E-state index < -0.39 is 11.6 Å². The Hall–Kier alpha value is -2.29. The van der Waals surface area contributed by atoms with E-state index >= 15 is 13.2 Å². The first-order valence-corrected chi connectivity index (χ1v) is 12.6. The molecule has 3 heteroatoms. The van der Waals surface area contributed by atoms with Gasteiger partial charge in [-0.1, -0.05) is 24.3 Å². The summed E-state index contributed by atoms with van der Waals surface area (Å²) in [6.45, 7) is 7.67. The van der Waals surface area contributed by atoms with Crippen LogP contribution < -0.4 is 0 Å². The Balaban J connectivity index is 1.39. The summed E-state index contributed by atoms with van der Waals surface area (Å²) in [7, 11) is 0. The van der Waals surface area contributed by atoms with Crippen molar-refractivity contribution < 1.29 is 13.2 Å². The van der Waals surface area contributed by atoms with Crippen molar-refractivity contribution in [1.82, 2.24) is 0 Å². The minimum atomic E-state index is -0.866. The Morgan fingerprint density at radius 1 is 0.727 bits per heavy atom. The Bertz CT molecular complexity index is 1070. The molecule has 2 fully saturated rings. The molecule has 3 aliphatic carbocycles. The quantitative estimate of drug-likeness (QED) is 0.328. The van der Waals surface area contributed by atoms with Gasteiger partial charge >= 0.3 is 0 Å². The third-order valence-corrected chi connectivity index (χ3v) is 8.56. The summed E-state index contributed by atoms with van der Waals surface area (Å²) in [5.41, 5.74) is 2.96. The number of halogens is 3. The van der Waals surface area contributed by atoms with Crippen molar-refractivity contribution in [3.05, 3.63) is 72.1 Å². The van der Waals surface area contributed by atoms with E-state index in [0.717, 1.165) is 69.8 Å². The Morgan fingerprint density at radius 2 is 1.36 bits per heavy atom. The van der Waals surface area contributed by atoms with Crippen LogP contribution >= 0.6 is 0 Å². The second-order valence-electron chi connectivity index (χ2n) is 10.3. The molecule has 0 N–H and O–H groups in total. The molecule has 2 aromatic carbocycles. The number of allylic oxidation sites excluding steroid dienone is 2. The van der Waals surface area contributed by atoms with Crippen molar-refractivity contribution in [3.8, 4) is 22.3 Å². The minimum Gasteiger partial charge on any atom is -0.206 e. The molecule has 0 heterocycles. The lowest BCUT2D eigenvalue weighted by molar-refractivity contribution is 0.306. The van der Waals surface area contributed by atoms with Gasteiger partial charge < -0.3 is 0 Å². The van der Waals surface area contributed by atoms with E-state index in [1.54, 1.807) is 6.07 Å². The maximum atomic E-state index is 15.6. The van der Waals surface area contributed by atoms with Crippen molar-refractivity contribution in [2.75, 3.05) is 0 Å². The zero-order valence-electron chi connectivity index (χ0n) is 19.3. The molecule has 0 nitrogen and oxygen atoms in total. The van der Waals surface area contributed by atoms with Crippen LogP contribution in [-0.4, -0.2) is 0 Å². The largest absolute Gasteiger partial charge is 0.206 e. The maximum absolute atomic E-state index is 15.6. The van der Waals surface area contributed by atoms with Gasteiger partial charge in [-0.3, -0.25) is 0 Å². The van der Waals surface area contributed by atoms with Crippen LogP contribution in [0.15, 0.2) is 43.5 Å². The molecule has 0 spiro atoms. The summed E-state index contributed by atoms with van der Waals surface area (Å²) in [6.07, 6.45) is 13.7. The van der Waals surface area contributed by atoms with Gasteiger partial charge in [0.1, 0.15) is 5.82 Å². The molecule has 2 aromatic rings. The van der Waals surface area contributed by atoms with Gasteiger partial charge in [-0.15, -0.1) is 13.2 Å². The standard InChI is InChI=1S/C30H33F3/c1-3-5-6-19-9-13-21(14-10-19)24-17-25-23-16-15-22(20-11-7-18(4-2)8-12-20)28(31)26(23)27(25)30(33)29(24)32/h3-4,15-21H,1-2,5-14H2. The van der Waals surface area contributed by atoms with Crippen LogP contribution in [0.4, 0.5) is 13.2 Å². The molecule has 2 saturated carbocycles. The van der Waals surface area contributed by atoms with E-state index in [1.807, 2.05) is 24.3 Å². The number of hydrogen-bond donors (Lipinski definition) is 0. The average molecular weight is 451 g/mol. The normalized spacial score (nSPS) is 26.2.